The van der Waals surface area contributed by atoms with Crippen LogP contribution in [0.3, 0.4) is 0 Å². The fourth-order valence-electron chi connectivity index (χ4n) is 2.05. The van der Waals surface area contributed by atoms with Crippen LogP contribution in [0.5, 0.6) is 0 Å². The Morgan fingerprint density at radius 1 is 1.26 bits per heavy atom. The lowest BCUT2D eigenvalue weighted by Gasteiger charge is -2.33. The molecule has 0 aliphatic carbocycles. The Bertz CT molecular complexity index is 623. The molecule has 1 aromatic carbocycles. The molecule has 1 atom stereocenters. The number of carbonyl (C=O) groups excluding carboxylic acids is 1. The van der Waals surface area contributed by atoms with E-state index < -0.39 is 30.0 Å². The van der Waals surface area contributed by atoms with Crippen LogP contribution >= 0.6 is 0 Å². The summed E-state index contributed by atoms with van der Waals surface area (Å²) >= 11 is 0. The Morgan fingerprint density at radius 3 is 2.30 bits per heavy atom. The fraction of sp³-hybridized carbons (Fsp3) is 0.467. The molecule has 0 fully saturated rings. The maximum Gasteiger partial charge on any atom is 0.439 e. The van der Waals surface area contributed by atoms with Crippen molar-refractivity contribution in [1.82, 2.24) is 5.01 Å². The van der Waals surface area contributed by atoms with Crippen molar-refractivity contribution in [2.24, 2.45) is 5.10 Å². The van der Waals surface area contributed by atoms with Crippen LogP contribution in [0, 0.1) is 0 Å². The van der Waals surface area contributed by atoms with Gasteiger partial charge in [-0.1, -0.05) is 30.3 Å². The van der Waals surface area contributed by atoms with E-state index in [1.54, 1.807) is 30.3 Å². The van der Waals surface area contributed by atoms with E-state index in [1.165, 1.54) is 20.8 Å². The van der Waals surface area contributed by atoms with Gasteiger partial charge in [0.25, 0.3) is 5.72 Å². The number of aliphatic hydroxyl groups is 1. The largest absolute Gasteiger partial charge is 0.442 e. The summed E-state index contributed by atoms with van der Waals surface area (Å²) in [7, 11) is 0. The molecule has 0 spiro atoms. The average Bonchev–Trinajstić information content (AvgIpc) is 2.77. The van der Waals surface area contributed by atoms with Gasteiger partial charge in [-0.15, -0.1) is 0 Å². The zero-order valence-corrected chi connectivity index (χ0v) is 12.9. The molecule has 0 aromatic heterocycles. The van der Waals surface area contributed by atoms with E-state index in [0.717, 1.165) is 0 Å². The summed E-state index contributed by atoms with van der Waals surface area (Å²) < 4.78 is 44.8. The molecule has 1 N–H and O–H groups in total. The van der Waals surface area contributed by atoms with Crippen LogP contribution in [-0.2, 0) is 4.74 Å². The molecule has 23 heavy (non-hydrogen) atoms. The predicted molar refractivity (Wildman–Crippen MR) is 76.7 cm³/mol. The number of hydrogen-bond acceptors (Lipinski definition) is 4. The molecular weight excluding hydrogens is 313 g/mol. The SMILES string of the molecule is CC(C)(C)OC(=O)N1N=C(c2ccccc2)C[C@]1(O)C(F)(F)F. The zero-order chi connectivity index (χ0) is 17.5. The predicted octanol–water partition coefficient (Wildman–Crippen LogP) is 3.28. The van der Waals surface area contributed by atoms with Gasteiger partial charge in [0.2, 0.25) is 0 Å². The molecule has 0 bridgehead atoms. The number of ether oxygens (including phenoxy) is 1. The monoisotopic (exact) mass is 330 g/mol. The minimum atomic E-state index is -5.08. The first kappa shape index (κ1) is 17.3. The van der Waals surface area contributed by atoms with Crippen LogP contribution in [0.25, 0.3) is 0 Å². The van der Waals surface area contributed by atoms with Gasteiger partial charge in [-0.2, -0.15) is 23.3 Å². The lowest BCUT2D eigenvalue weighted by Crippen LogP contribution is -2.57. The molecule has 1 aliphatic rings. The quantitative estimate of drug-likeness (QED) is 0.859. The second-order valence-electron chi connectivity index (χ2n) is 6.20. The highest BCUT2D eigenvalue weighted by atomic mass is 19.4. The van der Waals surface area contributed by atoms with Gasteiger partial charge in [0.1, 0.15) is 5.60 Å². The molecule has 0 saturated heterocycles. The smallest absolute Gasteiger partial charge is 0.439 e. The minimum absolute atomic E-state index is 0.0272. The zero-order valence-electron chi connectivity index (χ0n) is 12.9. The molecule has 1 heterocycles. The Morgan fingerprint density at radius 2 is 1.83 bits per heavy atom. The number of carbonyl (C=O) groups is 1. The molecule has 1 aliphatic heterocycles. The molecule has 2 rings (SSSR count). The van der Waals surface area contributed by atoms with Crippen molar-refractivity contribution in [3.63, 3.8) is 0 Å². The lowest BCUT2D eigenvalue weighted by atomic mass is 10.0. The van der Waals surface area contributed by atoms with Crippen LogP contribution < -0.4 is 0 Å². The van der Waals surface area contributed by atoms with Gasteiger partial charge >= 0.3 is 12.3 Å². The highest BCUT2D eigenvalue weighted by molar-refractivity contribution is 6.03. The van der Waals surface area contributed by atoms with Crippen LogP contribution in [0.15, 0.2) is 35.4 Å². The van der Waals surface area contributed by atoms with Crippen LogP contribution in [0.1, 0.15) is 32.8 Å². The molecule has 0 radical (unpaired) electrons. The Kier molecular flexibility index (Phi) is 4.14. The van der Waals surface area contributed by atoms with Gasteiger partial charge in [0, 0.05) is 0 Å². The molecule has 1 aromatic rings. The molecule has 0 saturated carbocycles. The van der Waals surface area contributed by atoms with E-state index in [4.69, 9.17) is 4.74 Å². The van der Waals surface area contributed by atoms with Gasteiger partial charge in [0.05, 0.1) is 12.1 Å². The first-order valence-corrected chi connectivity index (χ1v) is 6.89. The molecule has 126 valence electrons. The van der Waals surface area contributed by atoms with Crippen LogP contribution in [-0.4, -0.2) is 39.4 Å². The lowest BCUT2D eigenvalue weighted by molar-refractivity contribution is -0.300. The molecule has 8 heteroatoms. The third kappa shape index (κ3) is 3.47. The van der Waals surface area contributed by atoms with Crippen molar-refractivity contribution in [2.45, 2.75) is 44.7 Å². The first-order valence-electron chi connectivity index (χ1n) is 6.89. The highest BCUT2D eigenvalue weighted by Gasteiger charge is 2.64. The highest BCUT2D eigenvalue weighted by Crippen LogP contribution is 2.41. The Hall–Kier alpha value is -2.09. The van der Waals surface area contributed by atoms with E-state index in [2.05, 4.69) is 5.10 Å². The number of benzene rings is 1. The van der Waals surface area contributed by atoms with Crippen LogP contribution in [0.4, 0.5) is 18.0 Å². The van der Waals surface area contributed by atoms with Crippen molar-refractivity contribution in [2.75, 3.05) is 0 Å². The Labute approximate surface area is 131 Å². The summed E-state index contributed by atoms with van der Waals surface area (Å²) in [5.74, 6) is 0. The molecule has 0 unspecified atom stereocenters. The molecule has 5 nitrogen and oxygen atoms in total. The summed E-state index contributed by atoms with van der Waals surface area (Å²) in [6.07, 6.45) is -7.30. The number of rotatable bonds is 1. The van der Waals surface area contributed by atoms with Gasteiger partial charge in [0.15, 0.2) is 0 Å². The fourth-order valence-corrected chi connectivity index (χ4v) is 2.05. The van der Waals surface area contributed by atoms with Crippen molar-refractivity contribution in [3.8, 4) is 0 Å². The Balaban J connectivity index is 2.41. The minimum Gasteiger partial charge on any atom is -0.442 e. The van der Waals surface area contributed by atoms with E-state index in [0.29, 0.717) is 5.56 Å². The topological polar surface area (TPSA) is 62.1 Å². The third-order valence-corrected chi connectivity index (χ3v) is 3.11. The number of hydrazone groups is 1. The van der Waals surface area contributed by atoms with Gasteiger partial charge in [-0.25, -0.2) is 4.79 Å². The van der Waals surface area contributed by atoms with E-state index in [-0.39, 0.29) is 10.7 Å². The molecule has 1 amide bonds. The van der Waals surface area contributed by atoms with E-state index in [9.17, 15) is 23.1 Å². The number of alkyl halides is 3. The first-order chi connectivity index (χ1) is 10.4. The van der Waals surface area contributed by atoms with Crippen molar-refractivity contribution in [1.29, 1.82) is 0 Å². The van der Waals surface area contributed by atoms with E-state index in [1.807, 2.05) is 0 Å². The number of amides is 1. The summed E-state index contributed by atoms with van der Waals surface area (Å²) in [5, 5.41) is 13.7. The number of halogens is 3. The second kappa shape index (κ2) is 5.52. The normalized spacial score (nSPS) is 22.0. The average molecular weight is 330 g/mol. The second-order valence-corrected chi connectivity index (χ2v) is 6.20. The summed E-state index contributed by atoms with van der Waals surface area (Å²) in [6.45, 7) is 4.53. The van der Waals surface area contributed by atoms with Gasteiger partial charge in [-0.3, -0.25) is 0 Å². The van der Waals surface area contributed by atoms with Crippen molar-refractivity contribution in [3.05, 3.63) is 35.9 Å². The van der Waals surface area contributed by atoms with Gasteiger partial charge in [-0.05, 0) is 26.3 Å². The standard InChI is InChI=1S/C15H17F3N2O3/c1-13(2,3)23-12(21)20-14(22,15(16,17)18)9-11(19-20)10-7-5-4-6-8-10/h4-8,22H,9H2,1-3H3/t14-/m0/s1. The molecular formula is C15H17F3N2O3. The van der Waals surface area contributed by atoms with E-state index >= 15 is 0 Å². The summed E-state index contributed by atoms with van der Waals surface area (Å²) in [5.41, 5.74) is -4.10. The maximum absolute atomic E-state index is 13.3. The van der Waals surface area contributed by atoms with Crippen LogP contribution in [0.2, 0.25) is 0 Å². The maximum atomic E-state index is 13.3. The van der Waals surface area contributed by atoms with Crippen molar-refractivity contribution >= 4 is 11.8 Å². The third-order valence-electron chi connectivity index (χ3n) is 3.11. The summed E-state index contributed by atoms with van der Waals surface area (Å²) in [4.78, 5) is 12.0. The van der Waals surface area contributed by atoms with Crippen molar-refractivity contribution < 1.29 is 27.8 Å². The summed E-state index contributed by atoms with van der Waals surface area (Å²) in [6, 6.07) is 8.05. The number of hydrogen-bond donors (Lipinski definition) is 1. The van der Waals surface area contributed by atoms with Gasteiger partial charge < -0.3 is 9.84 Å². The number of nitrogens with zero attached hydrogens (tertiary/aromatic N) is 2.